The van der Waals surface area contributed by atoms with Crippen LogP contribution in [0.25, 0.3) is 0 Å². The highest BCUT2D eigenvalue weighted by Gasteiger charge is 2.18. The molecule has 0 aliphatic heterocycles. The first kappa shape index (κ1) is 16.0. The molecule has 1 unspecified atom stereocenters. The largest absolute Gasteiger partial charge is 0.351 e. The molecule has 1 aromatic carbocycles. The van der Waals surface area contributed by atoms with Crippen molar-refractivity contribution in [2.75, 3.05) is 6.54 Å². The highest BCUT2D eigenvalue weighted by atomic mass is 35.5. The van der Waals surface area contributed by atoms with Gasteiger partial charge in [0.05, 0.1) is 5.38 Å². The molecule has 0 aliphatic carbocycles. The molecule has 0 saturated heterocycles. The summed E-state index contributed by atoms with van der Waals surface area (Å²) >= 11 is 6.25. The maximum atomic E-state index is 12.1. The molecule has 0 radical (unpaired) electrons. The number of rotatable bonds is 4. The molecule has 0 saturated carbocycles. The van der Waals surface area contributed by atoms with Gasteiger partial charge in [0.2, 0.25) is 0 Å². The third-order valence-corrected chi connectivity index (χ3v) is 3.48. The van der Waals surface area contributed by atoms with E-state index in [1.165, 1.54) is 0 Å². The Morgan fingerprint density at radius 3 is 2.53 bits per heavy atom. The Morgan fingerprint density at radius 1 is 1.32 bits per heavy atom. The lowest BCUT2D eigenvalue weighted by Gasteiger charge is -2.22. The zero-order valence-corrected chi connectivity index (χ0v) is 13.3. The van der Waals surface area contributed by atoms with E-state index in [2.05, 4.69) is 26.1 Å². The van der Waals surface area contributed by atoms with Crippen molar-refractivity contribution >= 4 is 17.5 Å². The molecule has 1 amide bonds. The number of halogens is 1. The lowest BCUT2D eigenvalue weighted by Crippen LogP contribution is -2.32. The van der Waals surface area contributed by atoms with E-state index in [1.54, 1.807) is 0 Å². The van der Waals surface area contributed by atoms with Crippen LogP contribution in [0.4, 0.5) is 0 Å². The second kappa shape index (κ2) is 6.42. The van der Waals surface area contributed by atoms with Gasteiger partial charge >= 0.3 is 0 Å². The van der Waals surface area contributed by atoms with Crippen molar-refractivity contribution in [2.24, 2.45) is 5.41 Å². The number of aryl methyl sites for hydroxylation is 1. The maximum Gasteiger partial charge on any atom is 0.251 e. The Morgan fingerprint density at radius 2 is 1.95 bits per heavy atom. The smallest absolute Gasteiger partial charge is 0.251 e. The Labute approximate surface area is 121 Å². The van der Waals surface area contributed by atoms with Gasteiger partial charge in [-0.25, -0.2) is 0 Å². The molecule has 0 aliphatic rings. The zero-order chi connectivity index (χ0) is 14.6. The fourth-order valence-electron chi connectivity index (χ4n) is 2.03. The normalized spacial score (nSPS) is 13.2. The Bertz CT molecular complexity index is 449. The van der Waals surface area contributed by atoms with Crippen LogP contribution in [0.3, 0.4) is 0 Å². The Balaban J connectivity index is 2.59. The average Bonchev–Trinajstić information content (AvgIpc) is 2.27. The predicted octanol–water partition coefficient (Wildman–Crippen LogP) is 4.08. The van der Waals surface area contributed by atoms with Gasteiger partial charge in [0, 0.05) is 12.1 Å². The number of alkyl halides is 1. The van der Waals surface area contributed by atoms with Gasteiger partial charge in [-0.1, -0.05) is 32.9 Å². The van der Waals surface area contributed by atoms with Gasteiger partial charge in [-0.2, -0.15) is 0 Å². The average molecular weight is 282 g/mol. The molecule has 1 rings (SSSR count). The van der Waals surface area contributed by atoms with Gasteiger partial charge in [-0.3, -0.25) is 4.79 Å². The van der Waals surface area contributed by atoms with Crippen LogP contribution in [0.1, 0.15) is 48.7 Å². The molecule has 0 spiro atoms. The van der Waals surface area contributed by atoms with E-state index in [1.807, 2.05) is 32.0 Å². The van der Waals surface area contributed by atoms with Crippen molar-refractivity contribution in [3.05, 3.63) is 34.9 Å². The summed E-state index contributed by atoms with van der Waals surface area (Å²) in [5, 5.41) is 2.89. The number of hydrogen-bond acceptors (Lipinski definition) is 1. The summed E-state index contributed by atoms with van der Waals surface area (Å²) < 4.78 is 0. The van der Waals surface area contributed by atoms with Crippen LogP contribution in [0.5, 0.6) is 0 Å². The second-order valence-electron chi connectivity index (χ2n) is 6.32. The molecule has 0 fully saturated rings. The number of benzene rings is 1. The van der Waals surface area contributed by atoms with E-state index >= 15 is 0 Å². The lowest BCUT2D eigenvalue weighted by atomic mass is 9.90. The minimum absolute atomic E-state index is 0.0333. The first-order chi connectivity index (χ1) is 8.70. The Kier molecular flexibility index (Phi) is 5.42. The van der Waals surface area contributed by atoms with Crippen molar-refractivity contribution in [3.8, 4) is 0 Å². The lowest BCUT2D eigenvalue weighted by molar-refractivity contribution is 0.0951. The summed E-state index contributed by atoms with van der Waals surface area (Å²) in [5.41, 5.74) is 3.07. The minimum atomic E-state index is -0.0410. The number of carbonyl (C=O) groups excluding carboxylic acids is 1. The molecule has 0 bridgehead atoms. The number of nitrogens with one attached hydrogen (secondary N) is 1. The second-order valence-corrected chi connectivity index (χ2v) is 6.94. The van der Waals surface area contributed by atoms with E-state index in [-0.39, 0.29) is 16.7 Å². The zero-order valence-electron chi connectivity index (χ0n) is 12.5. The molecule has 2 nitrogen and oxygen atoms in total. The van der Waals surface area contributed by atoms with E-state index < -0.39 is 0 Å². The van der Waals surface area contributed by atoms with Gasteiger partial charge < -0.3 is 5.32 Å². The van der Waals surface area contributed by atoms with Crippen LogP contribution in [0.2, 0.25) is 0 Å². The number of hydrogen-bond donors (Lipinski definition) is 1. The first-order valence-corrected chi connectivity index (χ1v) is 7.13. The van der Waals surface area contributed by atoms with Crippen LogP contribution in [0.15, 0.2) is 18.2 Å². The number of amides is 1. The van der Waals surface area contributed by atoms with Crippen molar-refractivity contribution in [3.63, 3.8) is 0 Å². The van der Waals surface area contributed by atoms with Crippen LogP contribution in [-0.2, 0) is 0 Å². The molecule has 0 heterocycles. The van der Waals surface area contributed by atoms with E-state index in [9.17, 15) is 4.79 Å². The van der Waals surface area contributed by atoms with Crippen LogP contribution in [0, 0.1) is 19.3 Å². The predicted molar refractivity (Wildman–Crippen MR) is 82.0 cm³/mol. The van der Waals surface area contributed by atoms with Crippen molar-refractivity contribution in [2.45, 2.75) is 46.4 Å². The van der Waals surface area contributed by atoms with Gasteiger partial charge in [0.25, 0.3) is 5.91 Å². The maximum absolute atomic E-state index is 12.1. The van der Waals surface area contributed by atoms with Crippen molar-refractivity contribution in [1.29, 1.82) is 0 Å². The fraction of sp³-hybridized carbons (Fsp3) is 0.562. The van der Waals surface area contributed by atoms with Gasteiger partial charge in [0.1, 0.15) is 0 Å². The van der Waals surface area contributed by atoms with Crippen LogP contribution >= 0.6 is 11.6 Å². The topological polar surface area (TPSA) is 29.1 Å². The van der Waals surface area contributed by atoms with Gasteiger partial charge in [-0.05, 0) is 42.9 Å². The SMILES string of the molecule is Cc1cccc(C(=O)NCC(Cl)CC(C)(C)C)c1C. The Hall–Kier alpha value is -1.02. The summed E-state index contributed by atoms with van der Waals surface area (Å²) in [6.45, 7) is 10.9. The van der Waals surface area contributed by atoms with E-state index in [0.717, 1.165) is 23.1 Å². The monoisotopic (exact) mass is 281 g/mol. The molecular formula is C16H24ClNO. The third kappa shape index (κ3) is 5.23. The molecule has 19 heavy (non-hydrogen) atoms. The molecule has 1 N–H and O–H groups in total. The summed E-state index contributed by atoms with van der Waals surface area (Å²) in [7, 11) is 0. The first-order valence-electron chi connectivity index (χ1n) is 6.69. The molecule has 3 heteroatoms. The highest BCUT2D eigenvalue weighted by molar-refractivity contribution is 6.21. The molecule has 0 aromatic heterocycles. The number of carbonyl (C=O) groups is 1. The van der Waals surface area contributed by atoms with Crippen LogP contribution < -0.4 is 5.32 Å². The summed E-state index contributed by atoms with van der Waals surface area (Å²) in [5.74, 6) is -0.0410. The van der Waals surface area contributed by atoms with E-state index in [4.69, 9.17) is 11.6 Å². The molecule has 106 valence electrons. The summed E-state index contributed by atoms with van der Waals surface area (Å²) in [4.78, 5) is 12.1. The molecule has 1 atom stereocenters. The molecule has 1 aromatic rings. The van der Waals surface area contributed by atoms with Crippen molar-refractivity contribution < 1.29 is 4.79 Å². The minimum Gasteiger partial charge on any atom is -0.351 e. The van der Waals surface area contributed by atoms with E-state index in [0.29, 0.717) is 6.54 Å². The van der Waals surface area contributed by atoms with Gasteiger partial charge in [-0.15, -0.1) is 11.6 Å². The quantitative estimate of drug-likeness (QED) is 0.828. The summed E-state index contributed by atoms with van der Waals surface area (Å²) in [6, 6.07) is 5.77. The van der Waals surface area contributed by atoms with Gasteiger partial charge in [0.15, 0.2) is 0 Å². The fourth-order valence-corrected chi connectivity index (χ4v) is 2.57. The standard InChI is InChI=1S/C16H24ClNO/c1-11-7-6-8-14(12(11)2)15(19)18-10-13(17)9-16(3,4)5/h6-8,13H,9-10H2,1-5H3,(H,18,19). The molecular weight excluding hydrogens is 258 g/mol. The van der Waals surface area contributed by atoms with Crippen molar-refractivity contribution in [1.82, 2.24) is 5.32 Å². The summed E-state index contributed by atoms with van der Waals surface area (Å²) in [6.07, 6.45) is 0.877. The highest BCUT2D eigenvalue weighted by Crippen LogP contribution is 2.23. The van der Waals surface area contributed by atoms with Crippen LogP contribution in [-0.4, -0.2) is 17.8 Å². The third-order valence-electron chi connectivity index (χ3n) is 3.17.